The van der Waals surface area contributed by atoms with Gasteiger partial charge in [0.05, 0.1) is 13.1 Å². The fourth-order valence-corrected chi connectivity index (χ4v) is 2.66. The zero-order valence-electron chi connectivity index (χ0n) is 9.51. The summed E-state index contributed by atoms with van der Waals surface area (Å²) in [7, 11) is 0. The number of alkyl halides is 2. The van der Waals surface area contributed by atoms with Crippen molar-refractivity contribution >= 4 is 5.91 Å². The molecule has 0 spiro atoms. The Bertz CT molecular complexity index is 290. The van der Waals surface area contributed by atoms with Gasteiger partial charge in [0.25, 0.3) is 5.92 Å². The lowest BCUT2D eigenvalue weighted by Gasteiger charge is -2.47. The molecule has 0 aromatic carbocycles. The molecular weight excluding hydrogens is 214 g/mol. The lowest BCUT2D eigenvalue weighted by atomic mass is 9.72. The SMILES string of the molecule is CC1(C(N)=O)CCC(N2CC(F)(F)C2)CC1. The van der Waals surface area contributed by atoms with E-state index in [4.69, 9.17) is 5.73 Å². The number of rotatable bonds is 2. The largest absolute Gasteiger partial charge is 0.369 e. The van der Waals surface area contributed by atoms with Crippen molar-refractivity contribution in [2.75, 3.05) is 13.1 Å². The summed E-state index contributed by atoms with van der Waals surface area (Å²) in [6.45, 7) is 1.63. The number of carbonyl (C=O) groups is 1. The Labute approximate surface area is 94.0 Å². The molecule has 1 amide bonds. The van der Waals surface area contributed by atoms with E-state index in [-0.39, 0.29) is 25.0 Å². The highest BCUT2D eigenvalue weighted by Crippen LogP contribution is 2.40. The molecule has 1 heterocycles. The third-order valence-electron chi connectivity index (χ3n) is 4.04. The van der Waals surface area contributed by atoms with Crippen LogP contribution in [0.5, 0.6) is 0 Å². The molecule has 3 nitrogen and oxygen atoms in total. The van der Waals surface area contributed by atoms with Crippen LogP contribution in [-0.2, 0) is 4.79 Å². The van der Waals surface area contributed by atoms with Crippen LogP contribution in [0.25, 0.3) is 0 Å². The number of nitrogens with two attached hydrogens (primary N) is 1. The third kappa shape index (κ3) is 2.05. The topological polar surface area (TPSA) is 46.3 Å². The number of hydrogen-bond acceptors (Lipinski definition) is 2. The van der Waals surface area contributed by atoms with E-state index in [0.29, 0.717) is 0 Å². The number of amides is 1. The predicted molar refractivity (Wildman–Crippen MR) is 56.1 cm³/mol. The molecule has 2 N–H and O–H groups in total. The molecule has 1 saturated carbocycles. The van der Waals surface area contributed by atoms with Crippen LogP contribution in [-0.4, -0.2) is 35.9 Å². The second-order valence-corrected chi connectivity index (χ2v) is 5.42. The molecule has 16 heavy (non-hydrogen) atoms. The lowest BCUT2D eigenvalue weighted by Crippen LogP contribution is -2.61. The van der Waals surface area contributed by atoms with Crippen LogP contribution in [0.3, 0.4) is 0 Å². The first-order valence-electron chi connectivity index (χ1n) is 5.74. The summed E-state index contributed by atoms with van der Waals surface area (Å²) < 4.78 is 25.4. The van der Waals surface area contributed by atoms with Crippen molar-refractivity contribution in [3.63, 3.8) is 0 Å². The summed E-state index contributed by atoms with van der Waals surface area (Å²) in [5.74, 6) is -2.76. The van der Waals surface area contributed by atoms with Gasteiger partial charge in [-0.2, -0.15) is 0 Å². The highest BCUT2D eigenvalue weighted by Gasteiger charge is 2.48. The van der Waals surface area contributed by atoms with Gasteiger partial charge in [-0.25, -0.2) is 8.78 Å². The summed E-state index contributed by atoms with van der Waals surface area (Å²) in [5, 5.41) is 0. The van der Waals surface area contributed by atoms with Crippen LogP contribution in [0.1, 0.15) is 32.6 Å². The first-order chi connectivity index (χ1) is 7.32. The molecule has 2 aliphatic rings. The number of halogens is 2. The average Bonchev–Trinajstić information content (AvgIpc) is 2.15. The molecular formula is C11H18F2N2O. The standard InChI is InChI=1S/C11H18F2N2O/c1-10(9(14)16)4-2-8(3-5-10)15-6-11(12,13)7-15/h8H,2-7H2,1H3,(H2,14,16). The summed E-state index contributed by atoms with van der Waals surface area (Å²) in [6.07, 6.45) is 3.04. The monoisotopic (exact) mass is 232 g/mol. The summed E-state index contributed by atoms with van der Waals surface area (Å²) in [4.78, 5) is 13.0. The Balaban J connectivity index is 1.85. The second kappa shape index (κ2) is 3.65. The van der Waals surface area contributed by atoms with E-state index < -0.39 is 11.3 Å². The molecule has 1 aliphatic carbocycles. The van der Waals surface area contributed by atoms with Gasteiger partial charge in [-0.1, -0.05) is 6.92 Å². The van der Waals surface area contributed by atoms with E-state index in [1.165, 1.54) is 0 Å². The van der Waals surface area contributed by atoms with Gasteiger partial charge in [-0.3, -0.25) is 9.69 Å². The average molecular weight is 232 g/mol. The van der Waals surface area contributed by atoms with Gasteiger partial charge in [0.1, 0.15) is 0 Å². The van der Waals surface area contributed by atoms with Crippen LogP contribution < -0.4 is 5.73 Å². The number of nitrogens with zero attached hydrogens (tertiary/aromatic N) is 1. The molecule has 0 bridgehead atoms. The quantitative estimate of drug-likeness (QED) is 0.781. The fourth-order valence-electron chi connectivity index (χ4n) is 2.66. The Morgan fingerprint density at radius 3 is 2.19 bits per heavy atom. The molecule has 2 rings (SSSR count). The van der Waals surface area contributed by atoms with E-state index in [1.807, 2.05) is 11.8 Å². The van der Waals surface area contributed by atoms with E-state index in [2.05, 4.69) is 0 Å². The zero-order valence-corrected chi connectivity index (χ0v) is 9.51. The Hall–Kier alpha value is -0.710. The van der Waals surface area contributed by atoms with Crippen molar-refractivity contribution in [1.29, 1.82) is 0 Å². The molecule has 0 unspecified atom stereocenters. The zero-order chi connectivity index (χ0) is 12.0. The molecule has 0 aromatic rings. The summed E-state index contributed by atoms with van der Waals surface area (Å²) >= 11 is 0. The van der Waals surface area contributed by atoms with Gasteiger partial charge in [0.15, 0.2) is 0 Å². The van der Waals surface area contributed by atoms with Crippen LogP contribution in [0.15, 0.2) is 0 Å². The van der Waals surface area contributed by atoms with Gasteiger partial charge in [-0.15, -0.1) is 0 Å². The maximum absolute atomic E-state index is 12.7. The molecule has 5 heteroatoms. The van der Waals surface area contributed by atoms with Crippen LogP contribution in [0.2, 0.25) is 0 Å². The van der Waals surface area contributed by atoms with E-state index in [1.54, 1.807) is 0 Å². The fraction of sp³-hybridized carbons (Fsp3) is 0.909. The Morgan fingerprint density at radius 1 is 1.31 bits per heavy atom. The van der Waals surface area contributed by atoms with Crippen LogP contribution in [0.4, 0.5) is 8.78 Å². The van der Waals surface area contributed by atoms with Gasteiger partial charge in [0, 0.05) is 11.5 Å². The van der Waals surface area contributed by atoms with E-state index in [0.717, 1.165) is 25.7 Å². The molecule has 2 fully saturated rings. The molecule has 92 valence electrons. The van der Waals surface area contributed by atoms with Crippen molar-refractivity contribution in [2.24, 2.45) is 11.1 Å². The van der Waals surface area contributed by atoms with Gasteiger partial charge < -0.3 is 5.73 Å². The Kier molecular flexibility index (Phi) is 2.69. The van der Waals surface area contributed by atoms with Crippen LogP contribution >= 0.6 is 0 Å². The highest BCUT2D eigenvalue weighted by molar-refractivity contribution is 5.80. The van der Waals surface area contributed by atoms with Crippen molar-refractivity contribution in [1.82, 2.24) is 4.90 Å². The third-order valence-corrected chi connectivity index (χ3v) is 4.04. The van der Waals surface area contributed by atoms with E-state index >= 15 is 0 Å². The first-order valence-corrected chi connectivity index (χ1v) is 5.74. The minimum atomic E-state index is -2.50. The van der Waals surface area contributed by atoms with Gasteiger partial charge in [0.2, 0.25) is 5.91 Å². The van der Waals surface area contributed by atoms with Gasteiger partial charge >= 0.3 is 0 Å². The maximum atomic E-state index is 12.7. The van der Waals surface area contributed by atoms with Crippen molar-refractivity contribution in [3.8, 4) is 0 Å². The number of hydrogen-bond donors (Lipinski definition) is 1. The molecule has 0 atom stereocenters. The normalized spacial score (nSPS) is 39.1. The van der Waals surface area contributed by atoms with E-state index in [9.17, 15) is 13.6 Å². The smallest absolute Gasteiger partial charge is 0.272 e. The summed E-state index contributed by atoms with van der Waals surface area (Å²) in [6, 6.07) is 0.215. The van der Waals surface area contributed by atoms with Crippen molar-refractivity contribution in [2.45, 2.75) is 44.6 Å². The van der Waals surface area contributed by atoms with Crippen molar-refractivity contribution in [3.05, 3.63) is 0 Å². The summed E-state index contributed by atoms with van der Waals surface area (Å²) in [5.41, 5.74) is 4.91. The predicted octanol–water partition coefficient (Wildman–Crippen LogP) is 1.37. The molecule has 0 radical (unpaired) electrons. The minimum absolute atomic E-state index is 0.120. The maximum Gasteiger partial charge on any atom is 0.272 e. The molecule has 1 saturated heterocycles. The highest BCUT2D eigenvalue weighted by atomic mass is 19.3. The minimum Gasteiger partial charge on any atom is -0.369 e. The molecule has 0 aromatic heterocycles. The first kappa shape index (κ1) is 11.8. The number of primary amides is 1. The number of likely N-dealkylation sites (tertiary alicyclic amines) is 1. The Morgan fingerprint density at radius 2 is 1.81 bits per heavy atom. The number of carbonyl (C=O) groups excluding carboxylic acids is 1. The molecule has 1 aliphatic heterocycles. The van der Waals surface area contributed by atoms with Gasteiger partial charge in [-0.05, 0) is 25.7 Å². The lowest BCUT2D eigenvalue weighted by molar-refractivity contribution is -0.155. The second-order valence-electron chi connectivity index (χ2n) is 5.42. The van der Waals surface area contributed by atoms with Crippen molar-refractivity contribution < 1.29 is 13.6 Å². The van der Waals surface area contributed by atoms with Crippen LogP contribution in [0, 0.1) is 5.41 Å².